The molecule has 0 aliphatic carbocycles. The molecule has 0 bridgehead atoms. The molecule has 6 heteroatoms. The van der Waals surface area contributed by atoms with Crippen molar-refractivity contribution in [3.8, 4) is 11.5 Å². The largest absolute Gasteiger partial charge is 0.482 e. The van der Waals surface area contributed by atoms with E-state index in [1.54, 1.807) is 11.9 Å². The second-order valence-electron chi connectivity index (χ2n) is 7.27. The first-order valence-electron chi connectivity index (χ1n) is 9.71. The van der Waals surface area contributed by atoms with Gasteiger partial charge in [-0.2, -0.15) is 0 Å². The van der Waals surface area contributed by atoms with Gasteiger partial charge in [-0.1, -0.05) is 24.3 Å². The topological polar surface area (TPSA) is 51.2 Å². The molecule has 0 radical (unpaired) electrons. The van der Waals surface area contributed by atoms with E-state index in [2.05, 4.69) is 29.2 Å². The molecule has 0 spiro atoms. The summed E-state index contributed by atoms with van der Waals surface area (Å²) in [6, 6.07) is 15.8. The number of carbonyl (C=O) groups excluding carboxylic acids is 1. The van der Waals surface area contributed by atoms with Crippen molar-refractivity contribution in [2.24, 2.45) is 0 Å². The van der Waals surface area contributed by atoms with E-state index in [9.17, 15) is 4.79 Å². The van der Waals surface area contributed by atoms with Crippen molar-refractivity contribution in [2.45, 2.75) is 25.7 Å². The van der Waals surface area contributed by atoms with Crippen LogP contribution in [0.1, 0.15) is 12.5 Å². The number of amides is 1. The number of fused-ring (bicyclic) bond motifs is 1. The molecule has 6 nitrogen and oxygen atoms in total. The van der Waals surface area contributed by atoms with Gasteiger partial charge < -0.3 is 24.0 Å². The number of morpholine rings is 1. The summed E-state index contributed by atoms with van der Waals surface area (Å²) in [7, 11) is 1.80. The maximum atomic E-state index is 12.9. The number of likely N-dealkylation sites (N-methyl/N-ethyl adjacent to an activating group) is 1. The average Bonchev–Trinajstić information content (AvgIpc) is 2.74. The number of hydrogen-bond donors (Lipinski definition) is 0. The van der Waals surface area contributed by atoms with Gasteiger partial charge in [0.15, 0.2) is 11.5 Å². The molecule has 148 valence electrons. The quantitative estimate of drug-likeness (QED) is 0.814. The maximum Gasteiger partial charge on any atom is 0.267 e. The smallest absolute Gasteiger partial charge is 0.267 e. The van der Waals surface area contributed by atoms with Gasteiger partial charge in [-0.05, 0) is 36.8 Å². The highest BCUT2D eigenvalue weighted by atomic mass is 16.6. The molecule has 2 aliphatic rings. The third-order valence-corrected chi connectivity index (χ3v) is 5.19. The minimum atomic E-state index is -0.646. The van der Waals surface area contributed by atoms with Crippen LogP contribution in [0.2, 0.25) is 0 Å². The first-order chi connectivity index (χ1) is 13.6. The van der Waals surface area contributed by atoms with Crippen LogP contribution in [0.15, 0.2) is 48.5 Å². The van der Waals surface area contributed by atoms with E-state index in [4.69, 9.17) is 14.2 Å². The fraction of sp³-hybridized carbons (Fsp3) is 0.409. The van der Waals surface area contributed by atoms with Crippen LogP contribution >= 0.6 is 0 Å². The molecule has 0 aromatic heterocycles. The van der Waals surface area contributed by atoms with Crippen LogP contribution < -0.4 is 14.4 Å². The van der Waals surface area contributed by atoms with Gasteiger partial charge in [0.25, 0.3) is 5.91 Å². The molecule has 0 N–H and O–H groups in total. The molecule has 4 rings (SSSR count). The van der Waals surface area contributed by atoms with Crippen LogP contribution in [0.4, 0.5) is 5.69 Å². The lowest BCUT2D eigenvalue weighted by Crippen LogP contribution is -2.49. The fourth-order valence-corrected chi connectivity index (χ4v) is 3.59. The zero-order valence-corrected chi connectivity index (χ0v) is 16.3. The van der Waals surface area contributed by atoms with E-state index in [1.165, 1.54) is 5.69 Å². The van der Waals surface area contributed by atoms with E-state index < -0.39 is 6.10 Å². The minimum absolute atomic E-state index is 0.0840. The lowest BCUT2D eigenvalue weighted by Gasteiger charge is -2.33. The summed E-state index contributed by atoms with van der Waals surface area (Å²) in [6.45, 7) is 5.75. The number of rotatable bonds is 4. The van der Waals surface area contributed by atoms with Crippen LogP contribution in [0.3, 0.4) is 0 Å². The first-order valence-corrected chi connectivity index (χ1v) is 9.71. The predicted molar refractivity (Wildman–Crippen MR) is 107 cm³/mol. The van der Waals surface area contributed by atoms with Crippen molar-refractivity contribution < 1.29 is 19.0 Å². The third kappa shape index (κ3) is 3.92. The van der Waals surface area contributed by atoms with Gasteiger partial charge in [0, 0.05) is 32.4 Å². The number of nitrogens with zero attached hydrogens (tertiary/aromatic N) is 2. The van der Waals surface area contributed by atoms with Gasteiger partial charge in [-0.25, -0.2) is 0 Å². The van der Waals surface area contributed by atoms with Crippen LogP contribution in [0.5, 0.6) is 11.5 Å². The predicted octanol–water partition coefficient (Wildman–Crippen LogP) is 2.71. The molecule has 2 aromatic carbocycles. The van der Waals surface area contributed by atoms with E-state index in [1.807, 2.05) is 31.2 Å². The fourth-order valence-electron chi connectivity index (χ4n) is 3.59. The standard InChI is InChI=1S/C22H26N2O4/c1-16-21(28-20-6-4-3-5-19(20)27-16)22(25)23(2)15-17-7-9-18(10-8-17)24-11-13-26-14-12-24/h3-10,16,21H,11-15H2,1-2H3/t16-,21+/m1/s1. The zero-order valence-electron chi connectivity index (χ0n) is 16.3. The van der Waals surface area contributed by atoms with E-state index in [-0.39, 0.29) is 12.0 Å². The Bertz CT molecular complexity index is 818. The molecular weight excluding hydrogens is 356 g/mol. The monoisotopic (exact) mass is 382 g/mol. The summed E-state index contributed by atoms with van der Waals surface area (Å²) in [6.07, 6.45) is -0.985. The van der Waals surface area contributed by atoms with Crippen LogP contribution in [0.25, 0.3) is 0 Å². The number of hydrogen-bond acceptors (Lipinski definition) is 5. The van der Waals surface area contributed by atoms with Gasteiger partial charge in [0.2, 0.25) is 6.10 Å². The van der Waals surface area contributed by atoms with E-state index >= 15 is 0 Å². The number of benzene rings is 2. The number of carbonyl (C=O) groups is 1. The molecule has 28 heavy (non-hydrogen) atoms. The van der Waals surface area contributed by atoms with Crippen molar-refractivity contribution in [1.29, 1.82) is 0 Å². The van der Waals surface area contributed by atoms with Crippen molar-refractivity contribution in [3.05, 3.63) is 54.1 Å². The van der Waals surface area contributed by atoms with Crippen molar-refractivity contribution in [3.63, 3.8) is 0 Å². The van der Waals surface area contributed by atoms with Crippen molar-refractivity contribution >= 4 is 11.6 Å². The Morgan fingerprint density at radius 1 is 1.04 bits per heavy atom. The van der Waals surface area contributed by atoms with Crippen molar-refractivity contribution in [2.75, 3.05) is 38.3 Å². The summed E-state index contributed by atoms with van der Waals surface area (Å²) in [4.78, 5) is 16.9. The molecule has 0 saturated carbocycles. The lowest BCUT2D eigenvalue weighted by atomic mass is 10.1. The molecule has 2 aliphatic heterocycles. The van der Waals surface area contributed by atoms with Gasteiger partial charge >= 0.3 is 0 Å². The Morgan fingerprint density at radius 3 is 2.36 bits per heavy atom. The van der Waals surface area contributed by atoms with Gasteiger partial charge in [-0.15, -0.1) is 0 Å². The highest BCUT2D eigenvalue weighted by Crippen LogP contribution is 2.34. The van der Waals surface area contributed by atoms with Crippen LogP contribution in [-0.2, 0) is 16.1 Å². The SMILES string of the molecule is C[C@H]1Oc2ccccc2O[C@@H]1C(=O)N(C)Cc1ccc(N2CCOCC2)cc1. The molecule has 2 aromatic rings. The van der Waals surface area contributed by atoms with Gasteiger partial charge in [0.1, 0.15) is 6.10 Å². The highest BCUT2D eigenvalue weighted by Gasteiger charge is 2.35. The van der Waals surface area contributed by atoms with Gasteiger partial charge in [0.05, 0.1) is 13.2 Å². The third-order valence-electron chi connectivity index (χ3n) is 5.19. The lowest BCUT2D eigenvalue weighted by molar-refractivity contribution is -0.143. The number of ether oxygens (including phenoxy) is 3. The number of anilines is 1. The molecular formula is C22H26N2O4. The Morgan fingerprint density at radius 2 is 1.68 bits per heavy atom. The van der Waals surface area contributed by atoms with E-state index in [0.717, 1.165) is 31.9 Å². The van der Waals surface area contributed by atoms with Crippen molar-refractivity contribution in [1.82, 2.24) is 4.90 Å². The Balaban J connectivity index is 1.39. The summed E-state index contributed by atoms with van der Waals surface area (Å²) in [5.74, 6) is 1.21. The zero-order chi connectivity index (χ0) is 19.5. The first kappa shape index (κ1) is 18.6. The second kappa shape index (κ2) is 8.10. The minimum Gasteiger partial charge on any atom is -0.482 e. The molecule has 2 heterocycles. The second-order valence-corrected chi connectivity index (χ2v) is 7.27. The Hall–Kier alpha value is -2.73. The maximum absolute atomic E-state index is 12.9. The highest BCUT2D eigenvalue weighted by molar-refractivity contribution is 5.82. The summed E-state index contributed by atoms with van der Waals surface area (Å²) < 4.78 is 17.2. The van der Waals surface area contributed by atoms with Crippen LogP contribution in [0, 0.1) is 0 Å². The molecule has 1 fully saturated rings. The summed E-state index contributed by atoms with van der Waals surface area (Å²) in [5.41, 5.74) is 2.27. The molecule has 2 atom stereocenters. The molecule has 1 amide bonds. The molecule has 0 unspecified atom stereocenters. The Labute approximate surface area is 165 Å². The van der Waals surface area contributed by atoms with Gasteiger partial charge in [-0.3, -0.25) is 4.79 Å². The average molecular weight is 382 g/mol. The summed E-state index contributed by atoms with van der Waals surface area (Å²) >= 11 is 0. The van der Waals surface area contributed by atoms with Crippen LogP contribution in [-0.4, -0.2) is 56.4 Å². The normalized spacial score (nSPS) is 21.3. The number of para-hydroxylation sites is 2. The Kier molecular flexibility index (Phi) is 5.39. The molecule has 1 saturated heterocycles. The van der Waals surface area contributed by atoms with E-state index in [0.29, 0.717) is 18.0 Å². The summed E-state index contributed by atoms with van der Waals surface area (Å²) in [5, 5.41) is 0.